The second-order valence-electron chi connectivity index (χ2n) is 6.22. The number of piperidine rings is 1. The Kier molecular flexibility index (Phi) is 6.93. The van der Waals surface area contributed by atoms with Crippen LogP contribution in [0.5, 0.6) is 0 Å². The van der Waals surface area contributed by atoms with Crippen LogP contribution >= 0.6 is 0 Å². The molecule has 0 radical (unpaired) electrons. The Labute approximate surface area is 127 Å². The lowest BCUT2D eigenvalue weighted by Crippen LogP contribution is -2.42. The van der Waals surface area contributed by atoms with Gasteiger partial charge in [-0.05, 0) is 45.7 Å². The predicted octanol–water partition coefficient (Wildman–Crippen LogP) is 1.58. The molecule has 2 aliphatic rings. The molecule has 0 spiro atoms. The molecule has 1 atom stereocenters. The zero-order valence-corrected chi connectivity index (χ0v) is 13.1. The van der Waals surface area contributed by atoms with Crippen LogP contribution in [0, 0.1) is 5.92 Å². The number of aliphatic hydroxyl groups is 1. The Morgan fingerprint density at radius 3 is 2.52 bits per heavy atom. The molecule has 1 heterocycles. The number of likely N-dealkylation sites (tertiary alicyclic amines) is 1. The van der Waals surface area contributed by atoms with Crippen molar-refractivity contribution in [2.75, 3.05) is 32.8 Å². The van der Waals surface area contributed by atoms with Crippen LogP contribution in [0.4, 0.5) is 0 Å². The van der Waals surface area contributed by atoms with Gasteiger partial charge in [0.2, 0.25) is 0 Å². The summed E-state index contributed by atoms with van der Waals surface area (Å²) in [6, 6.07) is 0. The van der Waals surface area contributed by atoms with Gasteiger partial charge in [-0.2, -0.15) is 0 Å². The molecular formula is C16H29NO4. The number of β-amino-alcohol motifs (C(OH)–C–C–N with tert-alkyl or cyclic N) is 1. The van der Waals surface area contributed by atoms with E-state index in [4.69, 9.17) is 9.47 Å². The van der Waals surface area contributed by atoms with Crippen LogP contribution in [0.1, 0.15) is 45.4 Å². The minimum Gasteiger partial charge on any atom is -0.466 e. The molecule has 1 saturated heterocycles. The third-order valence-corrected chi connectivity index (χ3v) is 4.50. The number of aliphatic hydroxyl groups excluding tert-OH is 1. The van der Waals surface area contributed by atoms with Gasteiger partial charge >= 0.3 is 5.97 Å². The first-order valence-electron chi connectivity index (χ1n) is 8.37. The lowest BCUT2D eigenvalue weighted by Gasteiger charge is -2.32. The Morgan fingerprint density at radius 2 is 1.90 bits per heavy atom. The summed E-state index contributed by atoms with van der Waals surface area (Å²) in [6.07, 6.45) is 6.36. The summed E-state index contributed by atoms with van der Waals surface area (Å²) in [7, 11) is 0. The van der Waals surface area contributed by atoms with Crippen LogP contribution in [0.25, 0.3) is 0 Å². The molecule has 1 saturated carbocycles. The quantitative estimate of drug-likeness (QED) is 0.723. The fourth-order valence-corrected chi connectivity index (χ4v) is 3.26. The maximum Gasteiger partial charge on any atom is 0.309 e. The van der Waals surface area contributed by atoms with E-state index < -0.39 is 6.10 Å². The third kappa shape index (κ3) is 5.57. The van der Waals surface area contributed by atoms with Gasteiger partial charge in [0.25, 0.3) is 0 Å². The van der Waals surface area contributed by atoms with Crippen LogP contribution in [0.2, 0.25) is 0 Å². The molecule has 5 nitrogen and oxygen atoms in total. The van der Waals surface area contributed by atoms with Crippen molar-refractivity contribution >= 4 is 5.97 Å². The highest BCUT2D eigenvalue weighted by Crippen LogP contribution is 2.21. The largest absolute Gasteiger partial charge is 0.466 e. The molecule has 0 aromatic rings. The maximum absolute atomic E-state index is 11.7. The van der Waals surface area contributed by atoms with Crippen molar-refractivity contribution in [3.8, 4) is 0 Å². The second-order valence-corrected chi connectivity index (χ2v) is 6.22. The van der Waals surface area contributed by atoms with Gasteiger partial charge in [0.15, 0.2) is 0 Å². The van der Waals surface area contributed by atoms with E-state index in [-0.39, 0.29) is 11.9 Å². The number of rotatable bonds is 7. The van der Waals surface area contributed by atoms with Crippen molar-refractivity contribution in [2.45, 2.75) is 57.7 Å². The zero-order valence-electron chi connectivity index (χ0n) is 13.1. The van der Waals surface area contributed by atoms with E-state index in [0.29, 0.717) is 25.9 Å². The predicted molar refractivity (Wildman–Crippen MR) is 80.0 cm³/mol. The summed E-state index contributed by atoms with van der Waals surface area (Å²) in [5.74, 6) is -0.0321. The molecule has 1 N–H and O–H groups in total. The lowest BCUT2D eigenvalue weighted by atomic mass is 9.97. The van der Waals surface area contributed by atoms with E-state index in [1.165, 1.54) is 12.8 Å². The van der Waals surface area contributed by atoms with Gasteiger partial charge in [-0.1, -0.05) is 12.8 Å². The van der Waals surface area contributed by atoms with Gasteiger partial charge in [-0.3, -0.25) is 4.79 Å². The maximum atomic E-state index is 11.7. The highest BCUT2D eigenvalue weighted by Gasteiger charge is 2.27. The van der Waals surface area contributed by atoms with Gasteiger partial charge in [-0.15, -0.1) is 0 Å². The first kappa shape index (κ1) is 16.7. The van der Waals surface area contributed by atoms with Gasteiger partial charge in [0.1, 0.15) is 0 Å². The number of carbonyl (C=O) groups is 1. The van der Waals surface area contributed by atoms with E-state index in [0.717, 1.165) is 38.8 Å². The number of ether oxygens (including phenoxy) is 2. The summed E-state index contributed by atoms with van der Waals surface area (Å²) in [4.78, 5) is 13.9. The van der Waals surface area contributed by atoms with Crippen molar-refractivity contribution in [3.05, 3.63) is 0 Å². The van der Waals surface area contributed by atoms with Gasteiger partial charge in [0, 0.05) is 6.54 Å². The molecule has 5 heteroatoms. The Morgan fingerprint density at radius 1 is 1.24 bits per heavy atom. The van der Waals surface area contributed by atoms with Gasteiger partial charge in [-0.25, -0.2) is 0 Å². The monoisotopic (exact) mass is 299 g/mol. The minimum atomic E-state index is -0.426. The van der Waals surface area contributed by atoms with Crippen LogP contribution in [-0.4, -0.2) is 61.0 Å². The summed E-state index contributed by atoms with van der Waals surface area (Å²) in [5.41, 5.74) is 0. The summed E-state index contributed by atoms with van der Waals surface area (Å²) < 4.78 is 10.8. The summed E-state index contributed by atoms with van der Waals surface area (Å²) in [6.45, 7) is 5.07. The Hall–Kier alpha value is -0.650. The van der Waals surface area contributed by atoms with Crippen molar-refractivity contribution in [2.24, 2.45) is 5.92 Å². The molecular weight excluding hydrogens is 270 g/mol. The Bertz CT molecular complexity index is 309. The van der Waals surface area contributed by atoms with Crippen LogP contribution in [-0.2, 0) is 14.3 Å². The fraction of sp³-hybridized carbons (Fsp3) is 0.938. The molecule has 0 bridgehead atoms. The van der Waals surface area contributed by atoms with Crippen molar-refractivity contribution in [1.29, 1.82) is 0 Å². The molecule has 0 unspecified atom stereocenters. The number of carbonyl (C=O) groups excluding carboxylic acids is 1. The molecule has 1 aliphatic carbocycles. The Balaban J connectivity index is 1.60. The van der Waals surface area contributed by atoms with Crippen molar-refractivity contribution in [1.82, 2.24) is 4.90 Å². The van der Waals surface area contributed by atoms with E-state index in [1.807, 2.05) is 6.92 Å². The first-order chi connectivity index (χ1) is 10.2. The van der Waals surface area contributed by atoms with Crippen LogP contribution < -0.4 is 0 Å². The SMILES string of the molecule is CCOC(=O)C1CCN(C[C@H](O)COC2CCCC2)CC1. The molecule has 0 amide bonds. The molecule has 0 aromatic carbocycles. The third-order valence-electron chi connectivity index (χ3n) is 4.50. The fourth-order valence-electron chi connectivity index (χ4n) is 3.26. The molecule has 2 fully saturated rings. The number of hydrogen-bond donors (Lipinski definition) is 1. The van der Waals surface area contributed by atoms with Crippen LogP contribution in [0.15, 0.2) is 0 Å². The normalized spacial score (nSPS) is 23.3. The summed E-state index contributed by atoms with van der Waals surface area (Å²) >= 11 is 0. The van der Waals surface area contributed by atoms with Gasteiger partial charge < -0.3 is 19.5 Å². The molecule has 21 heavy (non-hydrogen) atoms. The highest BCUT2D eigenvalue weighted by atomic mass is 16.5. The number of esters is 1. The van der Waals surface area contributed by atoms with E-state index in [2.05, 4.69) is 4.90 Å². The van der Waals surface area contributed by atoms with Crippen LogP contribution in [0.3, 0.4) is 0 Å². The minimum absolute atomic E-state index is 0.0353. The van der Waals surface area contributed by atoms with E-state index in [1.54, 1.807) is 0 Å². The topological polar surface area (TPSA) is 59.0 Å². The van der Waals surface area contributed by atoms with E-state index in [9.17, 15) is 9.90 Å². The van der Waals surface area contributed by atoms with E-state index >= 15 is 0 Å². The lowest BCUT2D eigenvalue weighted by molar-refractivity contribution is -0.149. The van der Waals surface area contributed by atoms with Crippen molar-refractivity contribution < 1.29 is 19.4 Å². The smallest absolute Gasteiger partial charge is 0.309 e. The van der Waals surface area contributed by atoms with Crippen molar-refractivity contribution in [3.63, 3.8) is 0 Å². The molecule has 0 aromatic heterocycles. The van der Waals surface area contributed by atoms with Gasteiger partial charge in [0.05, 0.1) is 31.3 Å². The molecule has 2 rings (SSSR count). The average molecular weight is 299 g/mol. The number of hydrogen-bond acceptors (Lipinski definition) is 5. The highest BCUT2D eigenvalue weighted by molar-refractivity contribution is 5.72. The molecule has 122 valence electrons. The standard InChI is InChI=1S/C16H29NO4/c1-2-20-16(19)13-7-9-17(10-8-13)11-14(18)12-21-15-5-3-4-6-15/h13-15,18H,2-12H2,1H3/t14-/m0/s1. The molecule has 1 aliphatic heterocycles. The summed E-state index contributed by atoms with van der Waals surface area (Å²) in [5, 5.41) is 10.1. The second kappa shape index (κ2) is 8.71. The average Bonchev–Trinajstić information content (AvgIpc) is 2.99. The number of nitrogens with zero attached hydrogens (tertiary/aromatic N) is 1. The zero-order chi connectivity index (χ0) is 15.1. The first-order valence-corrected chi connectivity index (χ1v) is 8.37.